The van der Waals surface area contributed by atoms with Crippen LogP contribution in [0.15, 0.2) is 24.3 Å². The summed E-state index contributed by atoms with van der Waals surface area (Å²) in [5.41, 5.74) is 1.09. The van der Waals surface area contributed by atoms with E-state index in [2.05, 4.69) is 10.6 Å². The molecule has 7 nitrogen and oxygen atoms in total. The molecule has 0 aliphatic carbocycles. The second-order valence-corrected chi connectivity index (χ2v) is 8.61. The summed E-state index contributed by atoms with van der Waals surface area (Å²) in [5.74, 6) is -0.207. The number of carbonyl (C=O) groups excluding carboxylic acids is 3. The molecule has 7 heteroatoms. The number of carbonyl (C=O) groups is 3. The normalized spacial score (nSPS) is 16.9. The van der Waals surface area contributed by atoms with Gasteiger partial charge in [-0.05, 0) is 44.6 Å². The second-order valence-electron chi connectivity index (χ2n) is 8.61. The number of likely N-dealkylation sites (N-methyl/N-ethyl adjacent to an activating group) is 1. The Morgan fingerprint density at radius 1 is 1.21 bits per heavy atom. The number of likely N-dealkylation sites (tertiary alicyclic amines) is 1. The molecular formula is C21H32N4O3. The maximum atomic E-state index is 12.7. The van der Waals surface area contributed by atoms with Crippen LogP contribution in [0.4, 0.5) is 5.69 Å². The Bertz CT molecular complexity index is 725. The first-order chi connectivity index (χ1) is 13.1. The lowest BCUT2D eigenvalue weighted by atomic mass is 9.94. The predicted molar refractivity (Wildman–Crippen MR) is 110 cm³/mol. The molecule has 0 spiro atoms. The summed E-state index contributed by atoms with van der Waals surface area (Å²) in [5, 5.41) is 5.78. The van der Waals surface area contributed by atoms with Crippen molar-refractivity contribution >= 4 is 23.4 Å². The van der Waals surface area contributed by atoms with Gasteiger partial charge in [-0.3, -0.25) is 14.4 Å². The monoisotopic (exact) mass is 388 g/mol. The summed E-state index contributed by atoms with van der Waals surface area (Å²) in [6, 6.07) is 7.00. The first-order valence-electron chi connectivity index (χ1n) is 9.70. The van der Waals surface area contributed by atoms with E-state index in [0.717, 1.165) is 12.0 Å². The van der Waals surface area contributed by atoms with Crippen molar-refractivity contribution in [1.29, 1.82) is 0 Å². The average molecular weight is 389 g/mol. The highest BCUT2D eigenvalue weighted by molar-refractivity contribution is 5.92. The fourth-order valence-electron chi connectivity index (χ4n) is 3.27. The minimum atomic E-state index is -0.498. The molecule has 0 aromatic heterocycles. The van der Waals surface area contributed by atoms with E-state index in [0.29, 0.717) is 31.7 Å². The highest BCUT2D eigenvalue weighted by Gasteiger charge is 2.38. The molecule has 1 aliphatic rings. The van der Waals surface area contributed by atoms with Crippen LogP contribution in [0.3, 0.4) is 0 Å². The van der Waals surface area contributed by atoms with Crippen molar-refractivity contribution in [2.45, 2.75) is 46.2 Å². The summed E-state index contributed by atoms with van der Waals surface area (Å²) in [6.45, 7) is 6.91. The summed E-state index contributed by atoms with van der Waals surface area (Å²) >= 11 is 0. The topological polar surface area (TPSA) is 81.8 Å². The predicted octanol–water partition coefficient (Wildman–Crippen LogP) is 1.84. The molecule has 1 saturated heterocycles. The van der Waals surface area contributed by atoms with Crippen molar-refractivity contribution in [2.24, 2.45) is 5.41 Å². The number of rotatable bonds is 6. The fraction of sp³-hybridized carbons (Fsp3) is 0.571. The SMILES string of the molecule is CN(C)CC(=O)Nc1cccc(CNC(=O)C2CCCN2C(=O)C(C)(C)C)c1. The van der Waals surface area contributed by atoms with Crippen LogP contribution >= 0.6 is 0 Å². The molecular weight excluding hydrogens is 356 g/mol. The van der Waals surface area contributed by atoms with Crippen molar-refractivity contribution in [3.8, 4) is 0 Å². The first kappa shape index (κ1) is 21.9. The third-order valence-corrected chi connectivity index (χ3v) is 4.60. The van der Waals surface area contributed by atoms with Gasteiger partial charge in [-0.1, -0.05) is 32.9 Å². The van der Waals surface area contributed by atoms with Crippen LogP contribution in [0, 0.1) is 5.41 Å². The quantitative estimate of drug-likeness (QED) is 0.779. The summed E-state index contributed by atoms with van der Waals surface area (Å²) < 4.78 is 0. The van der Waals surface area contributed by atoms with E-state index in [-0.39, 0.29) is 17.7 Å². The Labute approximate surface area is 167 Å². The molecule has 1 aromatic rings. The summed E-state index contributed by atoms with van der Waals surface area (Å²) in [4.78, 5) is 40.6. The van der Waals surface area contributed by atoms with Gasteiger partial charge in [-0.2, -0.15) is 0 Å². The molecule has 3 amide bonds. The van der Waals surface area contributed by atoms with Crippen LogP contribution in [-0.2, 0) is 20.9 Å². The molecule has 0 saturated carbocycles. The molecule has 1 aliphatic heterocycles. The van der Waals surface area contributed by atoms with Crippen molar-refractivity contribution < 1.29 is 14.4 Å². The van der Waals surface area contributed by atoms with Gasteiger partial charge in [0.2, 0.25) is 17.7 Å². The maximum Gasteiger partial charge on any atom is 0.243 e. The molecule has 1 atom stereocenters. The molecule has 0 radical (unpaired) electrons. The Kier molecular flexibility index (Phi) is 7.18. The Morgan fingerprint density at radius 2 is 1.93 bits per heavy atom. The number of anilines is 1. The Hall–Kier alpha value is -2.41. The molecule has 2 N–H and O–H groups in total. The zero-order valence-corrected chi connectivity index (χ0v) is 17.5. The van der Waals surface area contributed by atoms with Gasteiger partial charge >= 0.3 is 0 Å². The van der Waals surface area contributed by atoms with Gasteiger partial charge in [0.15, 0.2) is 0 Å². The molecule has 154 valence electrons. The standard InChI is InChI=1S/C21H32N4O3/c1-21(2,3)20(28)25-11-7-10-17(25)19(27)22-13-15-8-6-9-16(12-15)23-18(26)14-24(4)5/h6,8-9,12,17H,7,10-11,13-14H2,1-5H3,(H,22,27)(H,23,26). The van der Waals surface area contributed by atoms with Crippen molar-refractivity contribution in [2.75, 3.05) is 32.5 Å². The van der Waals surface area contributed by atoms with Gasteiger partial charge in [0.05, 0.1) is 6.54 Å². The third kappa shape index (κ3) is 6.05. The molecule has 1 fully saturated rings. The zero-order chi connectivity index (χ0) is 20.9. The van der Waals surface area contributed by atoms with Gasteiger partial charge in [0, 0.05) is 24.2 Å². The van der Waals surface area contributed by atoms with Gasteiger partial charge in [-0.15, -0.1) is 0 Å². The van der Waals surface area contributed by atoms with E-state index < -0.39 is 11.5 Å². The molecule has 1 aromatic carbocycles. The molecule has 2 rings (SSSR count). The molecule has 0 bridgehead atoms. The average Bonchev–Trinajstić information content (AvgIpc) is 3.07. The van der Waals surface area contributed by atoms with Crippen LogP contribution in [0.1, 0.15) is 39.2 Å². The largest absolute Gasteiger partial charge is 0.350 e. The van der Waals surface area contributed by atoms with E-state index in [1.165, 1.54) is 0 Å². The van der Waals surface area contributed by atoms with Gasteiger partial charge in [0.25, 0.3) is 0 Å². The molecule has 28 heavy (non-hydrogen) atoms. The number of hydrogen-bond acceptors (Lipinski definition) is 4. The van der Waals surface area contributed by atoms with E-state index >= 15 is 0 Å². The van der Waals surface area contributed by atoms with Crippen LogP contribution in [0.25, 0.3) is 0 Å². The van der Waals surface area contributed by atoms with Gasteiger partial charge in [-0.25, -0.2) is 0 Å². The third-order valence-electron chi connectivity index (χ3n) is 4.60. The number of benzene rings is 1. The molecule has 1 heterocycles. The van der Waals surface area contributed by atoms with Crippen molar-refractivity contribution in [1.82, 2.24) is 15.1 Å². The van der Waals surface area contributed by atoms with E-state index in [9.17, 15) is 14.4 Å². The Balaban J connectivity index is 1.94. The van der Waals surface area contributed by atoms with Crippen LogP contribution in [-0.4, -0.2) is 60.7 Å². The van der Waals surface area contributed by atoms with E-state index in [1.807, 2.05) is 59.1 Å². The number of nitrogens with one attached hydrogen (secondary N) is 2. The number of amides is 3. The lowest BCUT2D eigenvalue weighted by molar-refractivity contribution is -0.144. The lowest BCUT2D eigenvalue weighted by Crippen LogP contribution is -2.49. The summed E-state index contributed by atoms with van der Waals surface area (Å²) in [7, 11) is 3.67. The van der Waals surface area contributed by atoms with Crippen molar-refractivity contribution in [3.05, 3.63) is 29.8 Å². The number of nitrogens with zero attached hydrogens (tertiary/aromatic N) is 2. The van der Waals surface area contributed by atoms with E-state index in [1.54, 1.807) is 9.80 Å². The maximum absolute atomic E-state index is 12.7. The first-order valence-corrected chi connectivity index (χ1v) is 9.70. The molecule has 1 unspecified atom stereocenters. The highest BCUT2D eigenvalue weighted by Crippen LogP contribution is 2.25. The van der Waals surface area contributed by atoms with E-state index in [4.69, 9.17) is 0 Å². The highest BCUT2D eigenvalue weighted by atomic mass is 16.2. The number of hydrogen-bond donors (Lipinski definition) is 2. The second kappa shape index (κ2) is 9.19. The van der Waals surface area contributed by atoms with Gasteiger partial charge in [0.1, 0.15) is 6.04 Å². The summed E-state index contributed by atoms with van der Waals surface area (Å²) in [6.07, 6.45) is 1.53. The van der Waals surface area contributed by atoms with Crippen LogP contribution < -0.4 is 10.6 Å². The van der Waals surface area contributed by atoms with Crippen molar-refractivity contribution in [3.63, 3.8) is 0 Å². The lowest BCUT2D eigenvalue weighted by Gasteiger charge is -2.30. The zero-order valence-electron chi connectivity index (χ0n) is 17.5. The van der Waals surface area contributed by atoms with Crippen LogP contribution in [0.5, 0.6) is 0 Å². The smallest absolute Gasteiger partial charge is 0.243 e. The minimum absolute atomic E-state index is 0.00996. The van der Waals surface area contributed by atoms with Gasteiger partial charge < -0.3 is 20.4 Å². The minimum Gasteiger partial charge on any atom is -0.350 e. The fourth-order valence-corrected chi connectivity index (χ4v) is 3.27. The Morgan fingerprint density at radius 3 is 2.57 bits per heavy atom. The van der Waals surface area contributed by atoms with Crippen LogP contribution in [0.2, 0.25) is 0 Å².